The van der Waals surface area contributed by atoms with Crippen molar-refractivity contribution in [2.24, 2.45) is 0 Å². The van der Waals surface area contributed by atoms with Crippen LogP contribution in [0.4, 0.5) is 0 Å². The minimum absolute atomic E-state index is 0.196. The monoisotopic (exact) mass is 285 g/mol. The summed E-state index contributed by atoms with van der Waals surface area (Å²) < 4.78 is 8.15. The van der Waals surface area contributed by atoms with Gasteiger partial charge in [-0.1, -0.05) is 17.3 Å². The number of nitrogens with zero attached hydrogens (tertiary/aromatic N) is 2. The van der Waals surface area contributed by atoms with Crippen LogP contribution < -0.4 is 10.1 Å². The van der Waals surface area contributed by atoms with Gasteiger partial charge < -0.3 is 10.1 Å². The highest BCUT2D eigenvalue weighted by molar-refractivity contribution is 7.23. The van der Waals surface area contributed by atoms with Crippen LogP contribution in [0.2, 0.25) is 0 Å². The molecule has 0 bridgehead atoms. The van der Waals surface area contributed by atoms with Crippen molar-refractivity contribution in [2.75, 3.05) is 13.7 Å². The van der Waals surface area contributed by atoms with Gasteiger partial charge in [0.2, 0.25) is 0 Å². The van der Waals surface area contributed by atoms with E-state index >= 15 is 0 Å². The van der Waals surface area contributed by atoms with Crippen LogP contribution in [-0.4, -0.2) is 28.9 Å². The van der Waals surface area contributed by atoms with Crippen LogP contribution in [0, 0.1) is 12.3 Å². The second-order valence-corrected chi connectivity index (χ2v) is 5.11. The fourth-order valence-corrected chi connectivity index (χ4v) is 2.98. The summed E-state index contributed by atoms with van der Waals surface area (Å²) in [4.78, 5) is 16.9. The van der Waals surface area contributed by atoms with E-state index < -0.39 is 0 Å². The molecule has 0 aliphatic rings. The molecule has 0 atom stereocenters. The van der Waals surface area contributed by atoms with Gasteiger partial charge in [0.05, 0.1) is 23.9 Å². The minimum atomic E-state index is -0.263. The quantitative estimate of drug-likeness (QED) is 0.748. The second kappa shape index (κ2) is 4.87. The molecule has 0 aliphatic carbocycles. The Bertz CT molecular complexity index is 841. The molecule has 2 aromatic heterocycles. The van der Waals surface area contributed by atoms with E-state index in [9.17, 15) is 4.79 Å². The van der Waals surface area contributed by atoms with Crippen molar-refractivity contribution in [2.45, 2.75) is 0 Å². The molecule has 3 rings (SSSR count). The number of nitrogens with one attached hydrogen (secondary N) is 1. The van der Waals surface area contributed by atoms with Gasteiger partial charge in [0.25, 0.3) is 5.91 Å². The molecule has 5 nitrogen and oxygen atoms in total. The van der Waals surface area contributed by atoms with Gasteiger partial charge in [0, 0.05) is 6.20 Å². The van der Waals surface area contributed by atoms with E-state index in [4.69, 9.17) is 11.2 Å². The number of methoxy groups -OCH3 is 1. The molecular formula is C14H11N3O2S. The Kier molecular flexibility index (Phi) is 3.05. The first-order chi connectivity index (χ1) is 9.72. The van der Waals surface area contributed by atoms with E-state index in [2.05, 4.69) is 16.2 Å². The standard InChI is InChI=1S/C14H11N3O2S/c1-3-6-15-13(18)10-8-17-11-5-4-9(19-2)7-12(11)20-14(17)16-10/h1,4-5,7-8H,6H2,2H3,(H,15,18). The van der Waals surface area contributed by atoms with Crippen molar-refractivity contribution in [1.82, 2.24) is 14.7 Å². The maximum atomic E-state index is 11.8. The number of amides is 1. The number of hydrogen-bond donors (Lipinski definition) is 1. The zero-order chi connectivity index (χ0) is 14.1. The molecule has 100 valence electrons. The summed E-state index contributed by atoms with van der Waals surface area (Å²) in [6, 6.07) is 5.78. The average Bonchev–Trinajstić information content (AvgIpc) is 3.01. The molecule has 3 aromatic rings. The Morgan fingerprint density at radius 2 is 2.45 bits per heavy atom. The molecule has 0 aliphatic heterocycles. The molecular weight excluding hydrogens is 274 g/mol. The SMILES string of the molecule is C#CCNC(=O)c1cn2c(n1)sc1cc(OC)ccc12. The topological polar surface area (TPSA) is 55.6 Å². The summed E-state index contributed by atoms with van der Waals surface area (Å²) >= 11 is 1.50. The molecule has 0 saturated heterocycles. The highest BCUT2D eigenvalue weighted by Crippen LogP contribution is 2.29. The van der Waals surface area contributed by atoms with E-state index in [1.165, 1.54) is 11.3 Å². The van der Waals surface area contributed by atoms with E-state index in [0.29, 0.717) is 5.69 Å². The largest absolute Gasteiger partial charge is 0.497 e. The van der Waals surface area contributed by atoms with E-state index in [1.54, 1.807) is 13.3 Å². The fourth-order valence-electron chi connectivity index (χ4n) is 1.94. The number of imidazole rings is 1. The third-order valence-electron chi connectivity index (χ3n) is 2.88. The molecule has 20 heavy (non-hydrogen) atoms. The van der Waals surface area contributed by atoms with E-state index in [-0.39, 0.29) is 12.5 Å². The number of carbonyl (C=O) groups excluding carboxylic acids is 1. The minimum Gasteiger partial charge on any atom is -0.497 e. The van der Waals surface area contributed by atoms with Gasteiger partial charge in [0.1, 0.15) is 11.4 Å². The fraction of sp³-hybridized carbons (Fsp3) is 0.143. The maximum Gasteiger partial charge on any atom is 0.272 e. The number of terminal acetylenes is 1. The summed E-state index contributed by atoms with van der Waals surface area (Å²) in [5.41, 5.74) is 1.36. The first-order valence-electron chi connectivity index (χ1n) is 5.90. The molecule has 0 unspecified atom stereocenters. The van der Waals surface area contributed by atoms with Crippen LogP contribution in [0.1, 0.15) is 10.5 Å². The number of rotatable bonds is 3. The summed E-state index contributed by atoms with van der Waals surface area (Å²) in [6.45, 7) is 0.196. The lowest BCUT2D eigenvalue weighted by atomic mass is 10.3. The van der Waals surface area contributed by atoms with Gasteiger partial charge in [-0.2, -0.15) is 0 Å². The highest BCUT2D eigenvalue weighted by Gasteiger charge is 2.14. The van der Waals surface area contributed by atoms with Crippen LogP contribution in [0.25, 0.3) is 15.2 Å². The van der Waals surface area contributed by atoms with Crippen molar-refractivity contribution in [3.63, 3.8) is 0 Å². The third-order valence-corrected chi connectivity index (χ3v) is 3.90. The van der Waals surface area contributed by atoms with Crippen LogP contribution in [0.15, 0.2) is 24.4 Å². The lowest BCUT2D eigenvalue weighted by Gasteiger charge is -1.98. The molecule has 0 spiro atoms. The van der Waals surface area contributed by atoms with Crippen molar-refractivity contribution in [3.05, 3.63) is 30.1 Å². The molecule has 0 radical (unpaired) electrons. The normalized spacial score (nSPS) is 10.6. The second-order valence-electron chi connectivity index (χ2n) is 4.10. The Morgan fingerprint density at radius 1 is 1.60 bits per heavy atom. The first kappa shape index (κ1) is 12.5. The number of carbonyl (C=O) groups is 1. The van der Waals surface area contributed by atoms with Crippen LogP contribution in [0.5, 0.6) is 5.75 Å². The number of hydrogen-bond acceptors (Lipinski definition) is 4. The lowest BCUT2D eigenvalue weighted by Crippen LogP contribution is -2.23. The first-order valence-corrected chi connectivity index (χ1v) is 6.72. The van der Waals surface area contributed by atoms with Gasteiger partial charge in [-0.3, -0.25) is 9.20 Å². The van der Waals surface area contributed by atoms with Crippen molar-refractivity contribution in [1.29, 1.82) is 0 Å². The molecule has 6 heteroatoms. The lowest BCUT2D eigenvalue weighted by molar-refractivity contribution is 0.0954. The van der Waals surface area contributed by atoms with Crippen LogP contribution in [0.3, 0.4) is 0 Å². The summed E-state index contributed by atoms with van der Waals surface area (Å²) in [5, 5.41) is 2.60. The van der Waals surface area contributed by atoms with Crippen molar-refractivity contribution < 1.29 is 9.53 Å². The predicted molar refractivity (Wildman–Crippen MR) is 78.3 cm³/mol. The van der Waals surface area contributed by atoms with Crippen molar-refractivity contribution >= 4 is 32.4 Å². The number of aromatic nitrogens is 2. The molecule has 0 saturated carbocycles. The zero-order valence-electron chi connectivity index (χ0n) is 10.7. The summed E-state index contributed by atoms with van der Waals surface area (Å²) in [7, 11) is 1.63. The number of benzene rings is 1. The maximum absolute atomic E-state index is 11.8. The van der Waals surface area contributed by atoms with Crippen LogP contribution >= 0.6 is 11.3 Å². The number of fused-ring (bicyclic) bond motifs is 3. The summed E-state index contributed by atoms with van der Waals surface area (Å²) in [5.74, 6) is 2.90. The molecule has 1 amide bonds. The Labute approximate surface area is 119 Å². The molecule has 1 aromatic carbocycles. The molecule has 2 heterocycles. The Hall–Kier alpha value is -2.52. The predicted octanol–water partition coefficient (Wildman–Crippen LogP) is 1.92. The molecule has 0 fully saturated rings. The van der Waals surface area contributed by atoms with Gasteiger partial charge in [0.15, 0.2) is 4.96 Å². The van der Waals surface area contributed by atoms with Crippen LogP contribution in [-0.2, 0) is 0 Å². The van der Waals surface area contributed by atoms with E-state index in [0.717, 1.165) is 20.9 Å². The van der Waals surface area contributed by atoms with Gasteiger partial charge in [-0.05, 0) is 18.2 Å². The Morgan fingerprint density at radius 3 is 3.20 bits per heavy atom. The highest BCUT2D eigenvalue weighted by atomic mass is 32.1. The number of ether oxygens (including phenoxy) is 1. The summed E-state index contributed by atoms with van der Waals surface area (Å²) in [6.07, 6.45) is 6.83. The Balaban J connectivity index is 2.05. The smallest absolute Gasteiger partial charge is 0.272 e. The molecule has 1 N–H and O–H groups in total. The number of thiazole rings is 1. The van der Waals surface area contributed by atoms with Gasteiger partial charge in [-0.25, -0.2) is 4.98 Å². The van der Waals surface area contributed by atoms with Gasteiger partial charge in [-0.15, -0.1) is 6.42 Å². The third kappa shape index (κ3) is 1.98. The van der Waals surface area contributed by atoms with Crippen molar-refractivity contribution in [3.8, 4) is 18.1 Å². The van der Waals surface area contributed by atoms with Gasteiger partial charge >= 0.3 is 0 Å². The zero-order valence-corrected chi connectivity index (χ0v) is 11.5. The average molecular weight is 285 g/mol. The van der Waals surface area contributed by atoms with E-state index in [1.807, 2.05) is 22.6 Å².